The minimum absolute atomic E-state index is 0.0301. The number of amides is 2. The van der Waals surface area contributed by atoms with Crippen LogP contribution in [0.1, 0.15) is 16.7 Å². The fourth-order valence-corrected chi connectivity index (χ4v) is 6.61. The summed E-state index contributed by atoms with van der Waals surface area (Å²) < 4.78 is 35.7. The Hall–Kier alpha value is -4.15. The van der Waals surface area contributed by atoms with Gasteiger partial charge in [0.15, 0.2) is 0 Å². The van der Waals surface area contributed by atoms with Crippen molar-refractivity contribution in [2.24, 2.45) is 0 Å². The minimum atomic E-state index is -4.22. The molecule has 4 aromatic carbocycles. The number of anilines is 1. The zero-order valence-corrected chi connectivity index (χ0v) is 26.6. The summed E-state index contributed by atoms with van der Waals surface area (Å²) in [6, 6.07) is 29.0. The largest absolute Gasteiger partial charge is 0.495 e. The van der Waals surface area contributed by atoms with Crippen molar-refractivity contribution in [3.05, 3.63) is 124 Å². The summed E-state index contributed by atoms with van der Waals surface area (Å²) in [7, 11) is -1.26. The predicted molar refractivity (Wildman–Crippen MR) is 171 cm³/mol. The van der Waals surface area contributed by atoms with Crippen molar-refractivity contribution in [3.63, 3.8) is 0 Å². The number of nitrogens with zero attached hydrogens (tertiary/aromatic N) is 2. The highest BCUT2D eigenvalue weighted by molar-refractivity contribution is 9.10. The molecule has 0 heterocycles. The molecule has 0 bridgehead atoms. The molecule has 224 valence electrons. The van der Waals surface area contributed by atoms with E-state index in [-0.39, 0.29) is 35.2 Å². The number of benzene rings is 4. The van der Waals surface area contributed by atoms with Crippen molar-refractivity contribution in [2.75, 3.05) is 25.0 Å². The molecular formula is C33H34BrN3O5S. The third-order valence-corrected chi connectivity index (χ3v) is 9.27. The molecule has 43 heavy (non-hydrogen) atoms. The summed E-state index contributed by atoms with van der Waals surface area (Å²) in [6.45, 7) is 1.38. The molecule has 1 N–H and O–H groups in total. The standard InChI is InChI=1S/C33H34BrN3O5S/c1-24-16-18-28(19-17-24)43(40,41)37(29-14-7-8-15-31(29)42-3)23-32(38)36(22-26-12-9-13-27(34)20-26)30(33(39)35-2)21-25-10-5-4-6-11-25/h4-20,30H,21-23H2,1-3H3,(H,35,39)/t30-/m1/s1. The lowest BCUT2D eigenvalue weighted by atomic mass is 10.0. The van der Waals surface area contributed by atoms with E-state index in [1.54, 1.807) is 36.4 Å². The number of para-hydroxylation sites is 2. The normalized spacial score (nSPS) is 11.8. The summed E-state index contributed by atoms with van der Waals surface area (Å²) in [5.41, 5.74) is 2.74. The van der Waals surface area contributed by atoms with Gasteiger partial charge in [0.05, 0.1) is 17.7 Å². The number of ether oxygens (including phenoxy) is 1. The van der Waals surface area contributed by atoms with E-state index >= 15 is 0 Å². The van der Waals surface area contributed by atoms with E-state index in [0.717, 1.165) is 25.5 Å². The number of hydrogen-bond acceptors (Lipinski definition) is 5. The van der Waals surface area contributed by atoms with Gasteiger partial charge in [0, 0.05) is 24.5 Å². The van der Waals surface area contributed by atoms with Gasteiger partial charge in [-0.1, -0.05) is 88.2 Å². The zero-order chi connectivity index (χ0) is 31.0. The Morgan fingerprint density at radius 1 is 0.884 bits per heavy atom. The average Bonchev–Trinajstić information content (AvgIpc) is 3.01. The number of methoxy groups -OCH3 is 1. The molecule has 8 nitrogen and oxygen atoms in total. The van der Waals surface area contributed by atoms with Crippen LogP contribution < -0.4 is 14.4 Å². The zero-order valence-electron chi connectivity index (χ0n) is 24.2. The number of aryl methyl sites for hydroxylation is 1. The van der Waals surface area contributed by atoms with Crippen molar-refractivity contribution in [1.29, 1.82) is 0 Å². The van der Waals surface area contributed by atoms with Gasteiger partial charge in [0.1, 0.15) is 18.3 Å². The van der Waals surface area contributed by atoms with E-state index < -0.39 is 28.5 Å². The summed E-state index contributed by atoms with van der Waals surface area (Å²) in [4.78, 5) is 29.2. The van der Waals surface area contributed by atoms with Crippen molar-refractivity contribution in [3.8, 4) is 5.75 Å². The first-order valence-corrected chi connectivity index (χ1v) is 15.9. The van der Waals surface area contributed by atoms with Crippen LogP contribution in [0.15, 0.2) is 112 Å². The number of rotatable bonds is 12. The number of hydrogen-bond donors (Lipinski definition) is 1. The Kier molecular flexibility index (Phi) is 10.6. The quantitative estimate of drug-likeness (QED) is 0.221. The second-order valence-electron chi connectivity index (χ2n) is 9.97. The number of halogens is 1. The summed E-state index contributed by atoms with van der Waals surface area (Å²) in [5.74, 6) is -0.625. The highest BCUT2D eigenvalue weighted by Crippen LogP contribution is 2.33. The van der Waals surface area contributed by atoms with Gasteiger partial charge in [-0.05, 0) is 54.4 Å². The van der Waals surface area contributed by atoms with Crippen LogP contribution in [-0.4, -0.2) is 51.9 Å². The monoisotopic (exact) mass is 663 g/mol. The van der Waals surface area contributed by atoms with E-state index in [2.05, 4.69) is 21.2 Å². The number of nitrogens with one attached hydrogen (secondary N) is 1. The second-order valence-corrected chi connectivity index (χ2v) is 12.7. The van der Waals surface area contributed by atoms with Crippen LogP contribution in [0.3, 0.4) is 0 Å². The maximum absolute atomic E-state index is 14.4. The molecule has 0 fully saturated rings. The first kappa shape index (κ1) is 31.8. The summed E-state index contributed by atoms with van der Waals surface area (Å²) in [5, 5.41) is 2.69. The van der Waals surface area contributed by atoms with Crippen molar-refractivity contribution in [2.45, 2.75) is 30.8 Å². The Bertz CT molecular complexity index is 1660. The first-order chi connectivity index (χ1) is 20.6. The van der Waals surface area contributed by atoms with Crippen LogP contribution in [0.2, 0.25) is 0 Å². The van der Waals surface area contributed by atoms with Crippen LogP contribution in [0.25, 0.3) is 0 Å². The van der Waals surface area contributed by atoms with Gasteiger partial charge in [-0.3, -0.25) is 13.9 Å². The van der Waals surface area contributed by atoms with Gasteiger partial charge in [-0.2, -0.15) is 0 Å². The smallest absolute Gasteiger partial charge is 0.264 e. The SMILES string of the molecule is CNC(=O)[C@@H](Cc1ccccc1)N(Cc1cccc(Br)c1)C(=O)CN(c1ccccc1OC)S(=O)(=O)c1ccc(C)cc1. The molecule has 4 aromatic rings. The van der Waals surface area contributed by atoms with Crippen LogP contribution in [0.4, 0.5) is 5.69 Å². The predicted octanol–water partition coefficient (Wildman–Crippen LogP) is 5.35. The fourth-order valence-electron chi connectivity index (χ4n) is 4.74. The first-order valence-electron chi connectivity index (χ1n) is 13.7. The van der Waals surface area contributed by atoms with E-state index in [4.69, 9.17) is 4.74 Å². The highest BCUT2D eigenvalue weighted by atomic mass is 79.9. The average molecular weight is 665 g/mol. The molecular weight excluding hydrogens is 630 g/mol. The molecule has 0 spiro atoms. The van der Waals surface area contributed by atoms with E-state index in [9.17, 15) is 18.0 Å². The third-order valence-electron chi connectivity index (χ3n) is 7.00. The fraction of sp³-hybridized carbons (Fsp3) is 0.212. The molecule has 0 aromatic heterocycles. The third kappa shape index (κ3) is 7.82. The molecule has 2 amide bonds. The van der Waals surface area contributed by atoms with Gasteiger partial charge in [0.25, 0.3) is 10.0 Å². The molecule has 0 saturated carbocycles. The lowest BCUT2D eigenvalue weighted by molar-refractivity contribution is -0.139. The Morgan fingerprint density at radius 3 is 2.19 bits per heavy atom. The van der Waals surface area contributed by atoms with E-state index in [0.29, 0.717) is 0 Å². The lowest BCUT2D eigenvalue weighted by Gasteiger charge is -2.34. The molecule has 0 radical (unpaired) electrons. The molecule has 0 aliphatic heterocycles. The minimum Gasteiger partial charge on any atom is -0.495 e. The Labute approximate surface area is 261 Å². The summed E-state index contributed by atoms with van der Waals surface area (Å²) >= 11 is 3.48. The van der Waals surface area contributed by atoms with Gasteiger partial charge >= 0.3 is 0 Å². The van der Waals surface area contributed by atoms with Crippen molar-refractivity contribution in [1.82, 2.24) is 10.2 Å². The number of carbonyl (C=O) groups excluding carboxylic acids is 2. The highest BCUT2D eigenvalue weighted by Gasteiger charge is 2.35. The lowest BCUT2D eigenvalue weighted by Crippen LogP contribution is -2.53. The van der Waals surface area contributed by atoms with Crippen LogP contribution >= 0.6 is 15.9 Å². The van der Waals surface area contributed by atoms with Gasteiger partial charge < -0.3 is 15.0 Å². The van der Waals surface area contributed by atoms with E-state index in [1.165, 1.54) is 31.2 Å². The number of sulfonamides is 1. The molecule has 0 aliphatic carbocycles. The maximum atomic E-state index is 14.4. The van der Waals surface area contributed by atoms with Gasteiger partial charge in [0.2, 0.25) is 11.8 Å². The van der Waals surface area contributed by atoms with Crippen LogP contribution in [0.5, 0.6) is 5.75 Å². The van der Waals surface area contributed by atoms with Crippen molar-refractivity contribution < 1.29 is 22.7 Å². The molecule has 4 rings (SSSR count). The number of carbonyl (C=O) groups is 2. The van der Waals surface area contributed by atoms with Gasteiger partial charge in [-0.15, -0.1) is 0 Å². The second kappa shape index (κ2) is 14.3. The molecule has 0 saturated heterocycles. The molecule has 10 heteroatoms. The molecule has 0 unspecified atom stereocenters. The van der Waals surface area contributed by atoms with Crippen LogP contribution in [-0.2, 0) is 32.6 Å². The van der Waals surface area contributed by atoms with E-state index in [1.807, 2.05) is 61.5 Å². The maximum Gasteiger partial charge on any atom is 0.264 e. The Balaban J connectivity index is 1.81. The summed E-state index contributed by atoms with van der Waals surface area (Å²) in [6.07, 6.45) is 0.236. The van der Waals surface area contributed by atoms with Crippen molar-refractivity contribution >= 4 is 43.5 Å². The molecule has 1 atom stereocenters. The van der Waals surface area contributed by atoms with Gasteiger partial charge in [-0.25, -0.2) is 8.42 Å². The molecule has 0 aliphatic rings. The topological polar surface area (TPSA) is 96.0 Å². The van der Waals surface area contributed by atoms with Crippen LogP contribution in [0, 0.1) is 6.92 Å². The number of likely N-dealkylation sites (N-methyl/N-ethyl adjacent to an activating group) is 1. The Morgan fingerprint density at radius 2 is 1.53 bits per heavy atom.